The third kappa shape index (κ3) is 1.99. The van der Waals surface area contributed by atoms with Crippen molar-refractivity contribution in [2.75, 3.05) is 13.1 Å². The second kappa shape index (κ2) is 4.15. The lowest BCUT2D eigenvalue weighted by Crippen LogP contribution is -2.40. The van der Waals surface area contributed by atoms with E-state index in [0.29, 0.717) is 12.1 Å². The molecule has 2 rings (SSSR count). The third-order valence-electron chi connectivity index (χ3n) is 3.08. The van der Waals surface area contributed by atoms with Crippen molar-refractivity contribution in [1.29, 1.82) is 0 Å². The van der Waals surface area contributed by atoms with Gasteiger partial charge in [-0.1, -0.05) is 0 Å². The second-order valence-electron chi connectivity index (χ2n) is 4.06. The summed E-state index contributed by atoms with van der Waals surface area (Å²) in [5.74, 6) is 1.06. The Morgan fingerprint density at radius 1 is 1.50 bits per heavy atom. The fourth-order valence-corrected chi connectivity index (χ4v) is 2.02. The number of hydrogen-bond donors (Lipinski definition) is 1. The Morgan fingerprint density at radius 2 is 2.21 bits per heavy atom. The Hall–Kier alpha value is -0.800. The van der Waals surface area contributed by atoms with Crippen LogP contribution in [0.5, 0.6) is 0 Å². The summed E-state index contributed by atoms with van der Waals surface area (Å²) in [6, 6.07) is 4.77. The average Bonchev–Trinajstić information content (AvgIpc) is 2.71. The predicted octanol–water partition coefficient (Wildman–Crippen LogP) is 1.76. The van der Waals surface area contributed by atoms with Gasteiger partial charge < -0.3 is 10.2 Å². The van der Waals surface area contributed by atoms with Crippen LogP contribution in [0.2, 0.25) is 0 Å². The molecule has 1 fully saturated rings. The molecule has 0 radical (unpaired) electrons. The highest BCUT2D eigenvalue weighted by Gasteiger charge is 2.22. The lowest BCUT2D eigenvalue weighted by molar-refractivity contribution is 0.147. The number of hydrogen-bond acceptors (Lipinski definition) is 3. The zero-order chi connectivity index (χ0) is 9.97. The molecule has 0 amide bonds. The van der Waals surface area contributed by atoms with Crippen LogP contribution < -0.4 is 5.73 Å². The maximum absolute atomic E-state index is 5.87. The van der Waals surface area contributed by atoms with Crippen LogP contribution in [0, 0.1) is 0 Å². The molecule has 2 N–H and O–H groups in total. The van der Waals surface area contributed by atoms with E-state index in [1.54, 1.807) is 6.26 Å². The number of furan rings is 1. The summed E-state index contributed by atoms with van der Waals surface area (Å²) >= 11 is 0. The Bertz CT molecular complexity index is 263. The molecule has 1 aromatic rings. The molecule has 1 aliphatic rings. The predicted molar refractivity (Wildman–Crippen MR) is 55.9 cm³/mol. The van der Waals surface area contributed by atoms with E-state index in [9.17, 15) is 0 Å². The van der Waals surface area contributed by atoms with E-state index >= 15 is 0 Å². The minimum absolute atomic E-state index is 0.387. The topological polar surface area (TPSA) is 42.4 Å². The molecule has 0 aromatic carbocycles. The summed E-state index contributed by atoms with van der Waals surface area (Å²) < 4.78 is 5.40. The van der Waals surface area contributed by atoms with Crippen LogP contribution in [0.1, 0.15) is 31.6 Å². The SMILES string of the molecule is C[C@H](c1ccco1)N1CCC(N)CC1. The minimum Gasteiger partial charge on any atom is -0.468 e. The molecule has 3 nitrogen and oxygen atoms in total. The quantitative estimate of drug-likeness (QED) is 0.780. The van der Waals surface area contributed by atoms with E-state index in [0.717, 1.165) is 31.7 Å². The number of nitrogens with two attached hydrogens (primary N) is 1. The van der Waals surface area contributed by atoms with E-state index < -0.39 is 0 Å². The lowest BCUT2D eigenvalue weighted by Gasteiger charge is -2.33. The molecule has 1 saturated heterocycles. The van der Waals surface area contributed by atoms with Crippen LogP contribution in [-0.2, 0) is 0 Å². The van der Waals surface area contributed by atoms with Gasteiger partial charge in [0.2, 0.25) is 0 Å². The zero-order valence-electron chi connectivity index (χ0n) is 8.65. The molecule has 2 heterocycles. The summed E-state index contributed by atoms with van der Waals surface area (Å²) in [5, 5.41) is 0. The molecule has 0 saturated carbocycles. The highest BCUT2D eigenvalue weighted by molar-refractivity contribution is 5.03. The Kier molecular flexibility index (Phi) is 2.89. The first-order valence-corrected chi connectivity index (χ1v) is 5.30. The van der Waals surface area contributed by atoms with Crippen molar-refractivity contribution in [3.8, 4) is 0 Å². The second-order valence-corrected chi connectivity index (χ2v) is 4.06. The lowest BCUT2D eigenvalue weighted by atomic mass is 10.0. The van der Waals surface area contributed by atoms with Gasteiger partial charge in [0.05, 0.1) is 12.3 Å². The van der Waals surface area contributed by atoms with Crippen molar-refractivity contribution in [3.05, 3.63) is 24.2 Å². The Morgan fingerprint density at radius 3 is 2.79 bits per heavy atom. The number of piperidine rings is 1. The molecule has 1 aliphatic heterocycles. The van der Waals surface area contributed by atoms with E-state index in [1.165, 1.54) is 0 Å². The molecule has 78 valence electrons. The Balaban J connectivity index is 1.95. The fourth-order valence-electron chi connectivity index (χ4n) is 2.02. The molecule has 1 atom stereocenters. The van der Waals surface area contributed by atoms with Crippen LogP contribution in [0.3, 0.4) is 0 Å². The monoisotopic (exact) mass is 194 g/mol. The minimum atomic E-state index is 0.387. The van der Waals surface area contributed by atoms with Crippen LogP contribution in [0.15, 0.2) is 22.8 Å². The summed E-state index contributed by atoms with van der Waals surface area (Å²) in [7, 11) is 0. The third-order valence-corrected chi connectivity index (χ3v) is 3.08. The smallest absolute Gasteiger partial charge is 0.120 e. The molecule has 0 aliphatic carbocycles. The van der Waals surface area contributed by atoms with Gasteiger partial charge in [-0.15, -0.1) is 0 Å². The van der Waals surface area contributed by atoms with Gasteiger partial charge >= 0.3 is 0 Å². The largest absolute Gasteiger partial charge is 0.468 e. The van der Waals surface area contributed by atoms with Crippen molar-refractivity contribution < 1.29 is 4.42 Å². The maximum atomic E-state index is 5.87. The molecular formula is C11H18N2O. The first kappa shape index (κ1) is 9.74. The fraction of sp³-hybridized carbons (Fsp3) is 0.636. The van der Waals surface area contributed by atoms with E-state index in [4.69, 9.17) is 10.2 Å². The van der Waals surface area contributed by atoms with Gasteiger partial charge in [-0.25, -0.2) is 0 Å². The normalized spacial score (nSPS) is 22.4. The van der Waals surface area contributed by atoms with Crippen molar-refractivity contribution in [1.82, 2.24) is 4.90 Å². The maximum Gasteiger partial charge on any atom is 0.120 e. The Labute approximate surface area is 84.9 Å². The molecule has 3 heteroatoms. The first-order valence-electron chi connectivity index (χ1n) is 5.30. The van der Waals surface area contributed by atoms with Crippen molar-refractivity contribution in [3.63, 3.8) is 0 Å². The highest BCUT2D eigenvalue weighted by atomic mass is 16.3. The number of rotatable bonds is 2. The van der Waals surface area contributed by atoms with E-state index in [1.807, 2.05) is 12.1 Å². The first-order chi connectivity index (χ1) is 6.77. The molecular weight excluding hydrogens is 176 g/mol. The van der Waals surface area contributed by atoms with Gasteiger partial charge in [0.1, 0.15) is 5.76 Å². The van der Waals surface area contributed by atoms with Crippen LogP contribution >= 0.6 is 0 Å². The number of nitrogens with zero attached hydrogens (tertiary/aromatic N) is 1. The van der Waals surface area contributed by atoms with Crippen LogP contribution in [-0.4, -0.2) is 24.0 Å². The van der Waals surface area contributed by atoms with Crippen molar-refractivity contribution in [2.45, 2.75) is 31.8 Å². The van der Waals surface area contributed by atoms with Crippen LogP contribution in [0.4, 0.5) is 0 Å². The zero-order valence-corrected chi connectivity index (χ0v) is 8.65. The van der Waals surface area contributed by atoms with E-state index in [-0.39, 0.29) is 0 Å². The summed E-state index contributed by atoms with van der Waals surface area (Å²) in [6.45, 7) is 4.36. The van der Waals surface area contributed by atoms with E-state index in [2.05, 4.69) is 11.8 Å². The summed E-state index contributed by atoms with van der Waals surface area (Å²) in [4.78, 5) is 2.43. The van der Waals surface area contributed by atoms with Crippen molar-refractivity contribution >= 4 is 0 Å². The molecule has 1 aromatic heterocycles. The van der Waals surface area contributed by atoms with Gasteiger partial charge in [-0.3, -0.25) is 4.90 Å². The standard InChI is InChI=1S/C11H18N2O/c1-9(11-3-2-8-14-11)13-6-4-10(12)5-7-13/h2-3,8-10H,4-7,12H2,1H3/t9-/m1/s1. The summed E-state index contributed by atoms with van der Waals surface area (Å²) in [6.07, 6.45) is 3.94. The highest BCUT2D eigenvalue weighted by Crippen LogP contribution is 2.23. The van der Waals surface area contributed by atoms with Gasteiger partial charge in [-0.05, 0) is 31.9 Å². The van der Waals surface area contributed by atoms with Crippen LogP contribution in [0.25, 0.3) is 0 Å². The van der Waals surface area contributed by atoms with Gasteiger partial charge in [-0.2, -0.15) is 0 Å². The molecule has 0 spiro atoms. The molecule has 14 heavy (non-hydrogen) atoms. The number of likely N-dealkylation sites (tertiary alicyclic amines) is 1. The van der Waals surface area contributed by atoms with Gasteiger partial charge in [0.15, 0.2) is 0 Å². The van der Waals surface area contributed by atoms with Gasteiger partial charge in [0, 0.05) is 19.1 Å². The van der Waals surface area contributed by atoms with Crippen molar-refractivity contribution in [2.24, 2.45) is 5.73 Å². The van der Waals surface area contributed by atoms with Gasteiger partial charge in [0.25, 0.3) is 0 Å². The molecule has 0 bridgehead atoms. The average molecular weight is 194 g/mol. The molecule has 0 unspecified atom stereocenters. The summed E-state index contributed by atoms with van der Waals surface area (Å²) in [5.41, 5.74) is 5.87.